The Hall–Kier alpha value is -1.75. The van der Waals surface area contributed by atoms with Crippen molar-refractivity contribution in [3.63, 3.8) is 0 Å². The Bertz CT molecular complexity index is 496. The number of amides is 1. The third-order valence-electron chi connectivity index (χ3n) is 4.30. The second-order valence-electron chi connectivity index (χ2n) is 6.07. The molecule has 0 aliphatic carbocycles. The van der Waals surface area contributed by atoms with Gasteiger partial charge in [-0.05, 0) is 31.4 Å². The van der Waals surface area contributed by atoms with Crippen molar-refractivity contribution in [2.24, 2.45) is 0 Å². The van der Waals surface area contributed by atoms with Crippen LogP contribution in [0.2, 0.25) is 0 Å². The van der Waals surface area contributed by atoms with Gasteiger partial charge in [-0.3, -0.25) is 0 Å². The first-order valence-corrected chi connectivity index (χ1v) is 7.88. The number of nitrogens with one attached hydrogen (secondary N) is 1. The summed E-state index contributed by atoms with van der Waals surface area (Å²) in [6.07, 6.45) is 1.71. The summed E-state index contributed by atoms with van der Waals surface area (Å²) in [6.45, 7) is 3.72. The minimum Gasteiger partial charge on any atom is -0.453 e. The molecule has 2 rings (SSSR count). The van der Waals surface area contributed by atoms with Crippen LogP contribution in [0.3, 0.4) is 0 Å². The smallest absolute Gasteiger partial charge is 0.409 e. The van der Waals surface area contributed by atoms with Crippen LogP contribution in [0.25, 0.3) is 0 Å². The molecule has 1 aromatic rings. The highest BCUT2D eigenvalue weighted by Crippen LogP contribution is 2.26. The second-order valence-corrected chi connectivity index (χ2v) is 6.07. The van der Waals surface area contributed by atoms with Gasteiger partial charge in [0.15, 0.2) is 0 Å². The molecule has 1 fully saturated rings. The van der Waals surface area contributed by atoms with Gasteiger partial charge >= 0.3 is 6.09 Å². The molecule has 1 aliphatic heterocycles. The predicted molar refractivity (Wildman–Crippen MR) is 89.3 cm³/mol. The van der Waals surface area contributed by atoms with Crippen LogP contribution in [0, 0.1) is 0 Å². The van der Waals surface area contributed by atoms with Gasteiger partial charge < -0.3 is 19.9 Å². The van der Waals surface area contributed by atoms with Crippen LogP contribution in [0.5, 0.6) is 0 Å². The Morgan fingerprint density at radius 3 is 2.55 bits per heavy atom. The summed E-state index contributed by atoms with van der Waals surface area (Å²) in [4.78, 5) is 15.4. The number of hydrogen-bond acceptors (Lipinski definition) is 4. The van der Waals surface area contributed by atoms with Crippen molar-refractivity contribution >= 4 is 11.8 Å². The lowest BCUT2D eigenvalue weighted by Crippen LogP contribution is -2.45. The van der Waals surface area contributed by atoms with Crippen LogP contribution in [-0.4, -0.2) is 51.3 Å². The van der Waals surface area contributed by atoms with Gasteiger partial charge in [0.05, 0.1) is 7.11 Å². The van der Waals surface area contributed by atoms with E-state index in [9.17, 15) is 4.79 Å². The Morgan fingerprint density at radius 2 is 1.95 bits per heavy atom. The minimum absolute atomic E-state index is 0.218. The van der Waals surface area contributed by atoms with Crippen LogP contribution in [-0.2, 0) is 4.74 Å². The van der Waals surface area contributed by atoms with Gasteiger partial charge in [-0.1, -0.05) is 18.2 Å². The number of ether oxygens (including phenoxy) is 1. The second kappa shape index (κ2) is 7.49. The highest BCUT2D eigenvalue weighted by Gasteiger charge is 2.24. The first-order valence-electron chi connectivity index (χ1n) is 7.88. The van der Waals surface area contributed by atoms with E-state index in [0.29, 0.717) is 6.04 Å². The zero-order chi connectivity index (χ0) is 16.1. The van der Waals surface area contributed by atoms with Crippen molar-refractivity contribution < 1.29 is 9.53 Å². The predicted octanol–water partition coefficient (Wildman–Crippen LogP) is 2.63. The average Bonchev–Trinajstić information content (AvgIpc) is 2.54. The summed E-state index contributed by atoms with van der Waals surface area (Å²) in [5.74, 6) is 0. The summed E-state index contributed by atoms with van der Waals surface area (Å²) in [5, 5.41) is 3.70. The third-order valence-corrected chi connectivity index (χ3v) is 4.30. The Kier molecular flexibility index (Phi) is 5.66. The first-order chi connectivity index (χ1) is 10.5. The van der Waals surface area contributed by atoms with Gasteiger partial charge in [-0.25, -0.2) is 4.79 Å². The maximum absolute atomic E-state index is 11.5. The zero-order valence-corrected chi connectivity index (χ0v) is 14.0. The number of para-hydroxylation sites is 1. The molecule has 0 bridgehead atoms. The van der Waals surface area contributed by atoms with Crippen molar-refractivity contribution in [2.45, 2.75) is 31.8 Å². The van der Waals surface area contributed by atoms with E-state index < -0.39 is 0 Å². The summed E-state index contributed by atoms with van der Waals surface area (Å²) < 4.78 is 4.78. The van der Waals surface area contributed by atoms with Crippen molar-refractivity contribution in [3.05, 3.63) is 29.8 Å². The fraction of sp³-hybridized carbons (Fsp3) is 0.588. The van der Waals surface area contributed by atoms with Crippen molar-refractivity contribution in [3.8, 4) is 0 Å². The molecular weight excluding hydrogens is 278 g/mol. The maximum Gasteiger partial charge on any atom is 0.409 e. The summed E-state index contributed by atoms with van der Waals surface area (Å²) in [7, 11) is 5.58. The molecule has 122 valence electrons. The minimum atomic E-state index is -0.218. The van der Waals surface area contributed by atoms with Gasteiger partial charge in [0, 0.05) is 45.0 Å². The molecular formula is C17H27N3O2. The van der Waals surface area contributed by atoms with Gasteiger partial charge in [0.2, 0.25) is 0 Å². The summed E-state index contributed by atoms with van der Waals surface area (Å²) in [6, 6.07) is 9.20. The van der Waals surface area contributed by atoms with E-state index in [0.717, 1.165) is 25.9 Å². The van der Waals surface area contributed by atoms with E-state index in [-0.39, 0.29) is 12.1 Å². The van der Waals surface area contributed by atoms with Gasteiger partial charge in [-0.15, -0.1) is 0 Å². The first kappa shape index (κ1) is 16.6. The lowest BCUT2D eigenvalue weighted by molar-refractivity contribution is 0.109. The third kappa shape index (κ3) is 3.91. The molecule has 0 unspecified atom stereocenters. The molecule has 22 heavy (non-hydrogen) atoms. The normalized spacial score (nSPS) is 17.2. The summed E-state index contributed by atoms with van der Waals surface area (Å²) in [5.41, 5.74) is 2.55. The van der Waals surface area contributed by atoms with Crippen LogP contribution in [0.1, 0.15) is 31.4 Å². The fourth-order valence-electron chi connectivity index (χ4n) is 3.06. The molecule has 5 heteroatoms. The highest BCUT2D eigenvalue weighted by molar-refractivity contribution is 5.67. The maximum atomic E-state index is 11.5. The SMILES string of the molecule is COC(=O)N1CCC(N[C@@H](C)c2ccccc2N(C)C)CC1. The number of nitrogens with zero attached hydrogens (tertiary/aromatic N) is 2. The topological polar surface area (TPSA) is 44.8 Å². The molecule has 0 aromatic heterocycles. The van der Waals surface area contributed by atoms with Crippen molar-refractivity contribution in [1.29, 1.82) is 0 Å². The number of carbonyl (C=O) groups excluding carboxylic acids is 1. The van der Waals surface area contributed by atoms with E-state index in [1.165, 1.54) is 18.4 Å². The fourth-order valence-corrected chi connectivity index (χ4v) is 3.06. The lowest BCUT2D eigenvalue weighted by Gasteiger charge is -2.33. The number of likely N-dealkylation sites (tertiary alicyclic amines) is 1. The van der Waals surface area contributed by atoms with Crippen molar-refractivity contribution in [1.82, 2.24) is 10.2 Å². The van der Waals surface area contributed by atoms with E-state index >= 15 is 0 Å². The zero-order valence-electron chi connectivity index (χ0n) is 14.0. The van der Waals surface area contributed by atoms with E-state index in [4.69, 9.17) is 4.74 Å². The van der Waals surface area contributed by atoms with E-state index in [2.05, 4.69) is 55.5 Å². The molecule has 0 spiro atoms. The Balaban J connectivity index is 1.94. The Morgan fingerprint density at radius 1 is 1.32 bits per heavy atom. The number of carbonyl (C=O) groups is 1. The van der Waals surface area contributed by atoms with Crippen LogP contribution in [0.15, 0.2) is 24.3 Å². The lowest BCUT2D eigenvalue weighted by atomic mass is 10.0. The number of piperidine rings is 1. The van der Waals surface area contributed by atoms with Gasteiger partial charge in [0.25, 0.3) is 0 Å². The van der Waals surface area contributed by atoms with Gasteiger partial charge in [-0.2, -0.15) is 0 Å². The molecule has 1 atom stereocenters. The average molecular weight is 305 g/mol. The van der Waals surface area contributed by atoms with Crippen LogP contribution >= 0.6 is 0 Å². The van der Waals surface area contributed by atoms with Gasteiger partial charge in [0.1, 0.15) is 0 Å². The molecule has 1 heterocycles. The number of rotatable bonds is 4. The number of hydrogen-bond donors (Lipinski definition) is 1. The molecule has 1 N–H and O–H groups in total. The quantitative estimate of drug-likeness (QED) is 0.929. The summed E-state index contributed by atoms with van der Waals surface area (Å²) >= 11 is 0. The molecule has 5 nitrogen and oxygen atoms in total. The van der Waals surface area contributed by atoms with E-state index in [1.54, 1.807) is 4.90 Å². The molecule has 1 amide bonds. The highest BCUT2D eigenvalue weighted by atomic mass is 16.5. The largest absolute Gasteiger partial charge is 0.453 e. The number of anilines is 1. The molecule has 1 aromatic carbocycles. The molecule has 1 aliphatic rings. The molecule has 1 saturated heterocycles. The number of methoxy groups -OCH3 is 1. The molecule has 0 radical (unpaired) electrons. The van der Waals surface area contributed by atoms with Crippen LogP contribution < -0.4 is 10.2 Å². The van der Waals surface area contributed by atoms with Crippen LogP contribution in [0.4, 0.5) is 10.5 Å². The van der Waals surface area contributed by atoms with Crippen molar-refractivity contribution in [2.75, 3.05) is 39.2 Å². The Labute approximate surface area is 133 Å². The van der Waals surface area contributed by atoms with E-state index in [1.807, 2.05) is 0 Å². The molecule has 0 saturated carbocycles. The standard InChI is InChI=1S/C17H27N3O2/c1-13(15-7-5-6-8-16(15)19(2)3)18-14-9-11-20(12-10-14)17(21)22-4/h5-8,13-14,18H,9-12H2,1-4H3/t13-/m0/s1. The monoisotopic (exact) mass is 305 g/mol. The number of benzene rings is 1.